The number of hydrogen-bond acceptors (Lipinski definition) is 5. The van der Waals surface area contributed by atoms with Crippen molar-refractivity contribution >= 4 is 11.4 Å². The smallest absolute Gasteiger partial charge is 0.253 e. The largest absolute Gasteiger partial charge is 0.508 e. The van der Waals surface area contributed by atoms with Crippen LogP contribution >= 0.6 is 0 Å². The van der Waals surface area contributed by atoms with Crippen molar-refractivity contribution < 1.29 is 5.11 Å². The highest BCUT2D eigenvalue weighted by atomic mass is 16.3. The molecule has 1 atom stereocenters. The van der Waals surface area contributed by atoms with Crippen molar-refractivity contribution in [1.82, 2.24) is 0 Å². The molecule has 0 bridgehead atoms. The number of piperidine rings is 1. The van der Waals surface area contributed by atoms with Gasteiger partial charge in [0.2, 0.25) is 0 Å². The predicted molar refractivity (Wildman–Crippen MR) is 78.1 cm³/mol. The van der Waals surface area contributed by atoms with E-state index in [0.29, 0.717) is 12.2 Å². The van der Waals surface area contributed by atoms with Crippen molar-refractivity contribution in [1.29, 1.82) is 0 Å². The third-order valence-corrected chi connectivity index (χ3v) is 4.00. The molecule has 0 radical (unpaired) electrons. The molecular formula is C15H16N2O3. The number of hydrogen-bond donors (Lipinski definition) is 2. The Morgan fingerprint density at radius 1 is 1.25 bits per heavy atom. The number of phenolic OH excluding ortho intramolecular Hbond substituents is 1. The minimum absolute atomic E-state index is 0.0894. The van der Waals surface area contributed by atoms with E-state index in [1.807, 2.05) is 17.0 Å². The summed E-state index contributed by atoms with van der Waals surface area (Å²) < 4.78 is 0. The normalized spacial score (nSPS) is 19.4. The molecule has 1 heterocycles. The van der Waals surface area contributed by atoms with Crippen LogP contribution < -0.4 is 21.5 Å². The Kier molecular flexibility index (Phi) is 2.97. The molecule has 1 aliphatic rings. The average molecular weight is 272 g/mol. The van der Waals surface area contributed by atoms with E-state index in [1.165, 1.54) is 0 Å². The molecule has 1 fully saturated rings. The highest BCUT2D eigenvalue weighted by Crippen LogP contribution is 2.31. The first-order valence-electron chi connectivity index (χ1n) is 6.70. The third-order valence-electron chi connectivity index (χ3n) is 4.00. The molecule has 3 rings (SSSR count). The van der Waals surface area contributed by atoms with Crippen molar-refractivity contribution in [3.8, 4) is 5.75 Å². The fourth-order valence-corrected chi connectivity index (χ4v) is 2.94. The van der Waals surface area contributed by atoms with Gasteiger partial charge in [0, 0.05) is 19.0 Å². The maximum Gasteiger partial charge on any atom is 0.253 e. The summed E-state index contributed by atoms with van der Waals surface area (Å²) in [6.45, 7) is 1.39. The zero-order valence-electron chi connectivity index (χ0n) is 11.0. The summed E-state index contributed by atoms with van der Waals surface area (Å²) in [7, 11) is 0. The number of benzene rings is 1. The highest BCUT2D eigenvalue weighted by molar-refractivity contribution is 5.72. The van der Waals surface area contributed by atoms with Crippen LogP contribution in [0.1, 0.15) is 24.3 Å². The Morgan fingerprint density at radius 2 is 2.05 bits per heavy atom. The number of nitrogens with two attached hydrogens (primary N) is 1. The van der Waals surface area contributed by atoms with E-state index in [2.05, 4.69) is 0 Å². The molecule has 0 amide bonds. The first-order valence-corrected chi connectivity index (χ1v) is 6.70. The van der Waals surface area contributed by atoms with Crippen molar-refractivity contribution in [2.75, 3.05) is 23.7 Å². The second-order valence-corrected chi connectivity index (χ2v) is 5.30. The molecule has 0 saturated carbocycles. The Balaban J connectivity index is 1.84. The third kappa shape index (κ3) is 1.95. The Hall–Kier alpha value is -2.30. The lowest BCUT2D eigenvalue weighted by molar-refractivity contribution is 0.469. The van der Waals surface area contributed by atoms with Gasteiger partial charge >= 0.3 is 0 Å². The molecule has 1 unspecified atom stereocenters. The SMILES string of the molecule is Nc1c(N2CCCC(c3cccc(O)c3)C2)c(=O)c1=O. The Labute approximate surface area is 116 Å². The molecule has 1 saturated heterocycles. The number of anilines is 2. The number of aromatic hydroxyl groups is 1. The van der Waals surface area contributed by atoms with Crippen LogP contribution in [0.3, 0.4) is 0 Å². The summed E-state index contributed by atoms with van der Waals surface area (Å²) >= 11 is 0. The van der Waals surface area contributed by atoms with Crippen LogP contribution in [0.5, 0.6) is 5.75 Å². The number of phenols is 1. The molecule has 2 aromatic rings. The van der Waals surface area contributed by atoms with Gasteiger partial charge < -0.3 is 15.7 Å². The van der Waals surface area contributed by atoms with Gasteiger partial charge in [-0.2, -0.15) is 0 Å². The van der Waals surface area contributed by atoms with Crippen molar-refractivity contribution in [2.45, 2.75) is 18.8 Å². The van der Waals surface area contributed by atoms with Crippen LogP contribution in [0, 0.1) is 0 Å². The van der Waals surface area contributed by atoms with Gasteiger partial charge in [-0.1, -0.05) is 12.1 Å². The number of nitrogens with zero attached hydrogens (tertiary/aromatic N) is 1. The molecular weight excluding hydrogens is 256 g/mol. The van der Waals surface area contributed by atoms with Crippen molar-refractivity contribution in [3.63, 3.8) is 0 Å². The minimum atomic E-state index is -0.570. The molecule has 5 heteroatoms. The molecule has 5 nitrogen and oxygen atoms in total. The van der Waals surface area contributed by atoms with Gasteiger partial charge in [0.05, 0.1) is 0 Å². The second-order valence-electron chi connectivity index (χ2n) is 5.30. The zero-order valence-corrected chi connectivity index (χ0v) is 11.0. The molecule has 0 spiro atoms. The van der Waals surface area contributed by atoms with Crippen molar-refractivity contribution in [3.05, 3.63) is 50.3 Å². The van der Waals surface area contributed by atoms with Gasteiger partial charge in [0.25, 0.3) is 10.9 Å². The van der Waals surface area contributed by atoms with E-state index >= 15 is 0 Å². The lowest BCUT2D eigenvalue weighted by atomic mass is 9.90. The van der Waals surface area contributed by atoms with Crippen LogP contribution in [0.4, 0.5) is 11.4 Å². The van der Waals surface area contributed by atoms with Crippen LogP contribution in [-0.2, 0) is 0 Å². The fraction of sp³-hybridized carbons (Fsp3) is 0.333. The summed E-state index contributed by atoms with van der Waals surface area (Å²) in [6, 6.07) is 7.17. The highest BCUT2D eigenvalue weighted by Gasteiger charge is 2.28. The number of nitrogen functional groups attached to an aromatic ring is 1. The first kappa shape index (κ1) is 12.7. The van der Waals surface area contributed by atoms with Crippen LogP contribution in [0.2, 0.25) is 0 Å². The topological polar surface area (TPSA) is 83.6 Å². The summed E-state index contributed by atoms with van der Waals surface area (Å²) in [5, 5.41) is 9.55. The molecule has 1 aliphatic heterocycles. The van der Waals surface area contributed by atoms with E-state index in [1.54, 1.807) is 12.1 Å². The molecule has 20 heavy (non-hydrogen) atoms. The van der Waals surface area contributed by atoms with E-state index in [4.69, 9.17) is 5.73 Å². The quantitative estimate of drug-likeness (QED) is 0.795. The van der Waals surface area contributed by atoms with Gasteiger partial charge in [-0.05, 0) is 30.5 Å². The number of rotatable bonds is 2. The lowest BCUT2D eigenvalue weighted by Crippen LogP contribution is -2.45. The van der Waals surface area contributed by atoms with Gasteiger partial charge in [0.15, 0.2) is 0 Å². The minimum Gasteiger partial charge on any atom is -0.508 e. The lowest BCUT2D eigenvalue weighted by Gasteiger charge is -2.35. The zero-order chi connectivity index (χ0) is 14.3. The average Bonchev–Trinajstić information content (AvgIpc) is 2.47. The van der Waals surface area contributed by atoms with Crippen molar-refractivity contribution in [2.24, 2.45) is 0 Å². The van der Waals surface area contributed by atoms with Gasteiger partial charge in [-0.15, -0.1) is 0 Å². The summed E-state index contributed by atoms with van der Waals surface area (Å²) in [5.74, 6) is 0.480. The van der Waals surface area contributed by atoms with Crippen LogP contribution in [0.15, 0.2) is 33.9 Å². The molecule has 0 aromatic heterocycles. The first-order chi connectivity index (χ1) is 9.58. The second kappa shape index (κ2) is 4.67. The van der Waals surface area contributed by atoms with E-state index in [-0.39, 0.29) is 17.4 Å². The summed E-state index contributed by atoms with van der Waals surface area (Å²) in [4.78, 5) is 24.7. The molecule has 0 aliphatic carbocycles. The predicted octanol–water partition coefficient (Wildman–Crippen LogP) is 0.954. The van der Waals surface area contributed by atoms with E-state index in [0.717, 1.165) is 24.9 Å². The molecule has 2 aromatic carbocycles. The molecule has 3 N–H and O–H groups in total. The Morgan fingerprint density at radius 3 is 2.75 bits per heavy atom. The Bertz CT molecular complexity index is 716. The van der Waals surface area contributed by atoms with E-state index < -0.39 is 10.9 Å². The molecule has 104 valence electrons. The summed E-state index contributed by atoms with van der Waals surface area (Å²) in [5.41, 5.74) is 6.09. The summed E-state index contributed by atoms with van der Waals surface area (Å²) in [6.07, 6.45) is 1.92. The fourth-order valence-electron chi connectivity index (χ4n) is 2.94. The maximum absolute atomic E-state index is 11.6. The van der Waals surface area contributed by atoms with Gasteiger partial charge in [-0.25, -0.2) is 0 Å². The standard InChI is InChI=1S/C15H16N2O3/c16-12-13(15(20)14(12)19)17-6-2-4-10(8-17)9-3-1-5-11(18)7-9/h1,3,5,7,10,18H,2,4,6,8,16H2. The maximum atomic E-state index is 11.6. The van der Waals surface area contributed by atoms with Crippen LogP contribution in [0.25, 0.3) is 0 Å². The van der Waals surface area contributed by atoms with E-state index in [9.17, 15) is 14.7 Å². The van der Waals surface area contributed by atoms with Gasteiger partial charge in [0.1, 0.15) is 17.1 Å². The van der Waals surface area contributed by atoms with Crippen LogP contribution in [-0.4, -0.2) is 18.2 Å². The van der Waals surface area contributed by atoms with Gasteiger partial charge in [-0.3, -0.25) is 9.59 Å². The monoisotopic (exact) mass is 272 g/mol.